The first kappa shape index (κ1) is 18.9. The van der Waals surface area contributed by atoms with E-state index in [0.717, 1.165) is 16.9 Å². The maximum atomic E-state index is 12.2. The molecule has 0 fully saturated rings. The minimum Gasteiger partial charge on any atom is -0.494 e. The van der Waals surface area contributed by atoms with E-state index in [-0.39, 0.29) is 11.6 Å². The van der Waals surface area contributed by atoms with Gasteiger partial charge in [-0.1, -0.05) is 17.7 Å². The van der Waals surface area contributed by atoms with E-state index in [1.165, 1.54) is 6.20 Å². The largest absolute Gasteiger partial charge is 0.494 e. The number of amides is 1. The minimum absolute atomic E-state index is 0.00702. The highest BCUT2D eigenvalue weighted by molar-refractivity contribution is 6.18. The summed E-state index contributed by atoms with van der Waals surface area (Å²) in [6.07, 6.45) is 1.38. The van der Waals surface area contributed by atoms with Crippen LogP contribution in [0.3, 0.4) is 0 Å². The van der Waals surface area contributed by atoms with Crippen LogP contribution in [0, 0.1) is 18.3 Å². The van der Waals surface area contributed by atoms with Gasteiger partial charge in [0.25, 0.3) is 5.91 Å². The summed E-state index contributed by atoms with van der Waals surface area (Å²) in [5.41, 5.74) is 1.96. The van der Waals surface area contributed by atoms with Crippen molar-refractivity contribution >= 4 is 17.5 Å². The summed E-state index contributed by atoms with van der Waals surface area (Å²) in [7, 11) is 0. The number of hydrogen-bond acceptors (Lipinski definition) is 4. The Bertz CT molecular complexity index is 608. The van der Waals surface area contributed by atoms with Crippen LogP contribution in [0.25, 0.3) is 0 Å². The number of alkyl halides is 1. The lowest BCUT2D eigenvalue weighted by atomic mass is 10.0. The standard InChI is InChI=1S/C17H22ClN3O2/c1-4-23-16-6-5-12(2)9-15(16)13(3)21-17(22)14(10-19)11-20-8-7-18/h5-6,9,11,13,20H,4,7-8H2,1-3H3,(H,21,22)/b14-11-. The van der Waals surface area contributed by atoms with Crippen LogP contribution in [0.2, 0.25) is 0 Å². The second kappa shape index (κ2) is 9.75. The zero-order chi connectivity index (χ0) is 17.2. The molecule has 5 nitrogen and oxygen atoms in total. The average Bonchev–Trinajstić information content (AvgIpc) is 2.53. The molecule has 2 N–H and O–H groups in total. The van der Waals surface area contributed by atoms with E-state index >= 15 is 0 Å². The SMILES string of the molecule is CCOc1ccc(C)cc1C(C)NC(=O)/C(C#N)=C\NCCCl. The number of carbonyl (C=O) groups is 1. The molecule has 6 heteroatoms. The third-order valence-corrected chi connectivity index (χ3v) is 3.32. The molecule has 0 saturated carbocycles. The number of nitriles is 1. The van der Waals surface area contributed by atoms with E-state index in [2.05, 4.69) is 10.6 Å². The summed E-state index contributed by atoms with van der Waals surface area (Å²) in [6, 6.07) is 7.41. The molecule has 0 aliphatic heterocycles. The van der Waals surface area contributed by atoms with Crippen molar-refractivity contribution in [3.05, 3.63) is 41.1 Å². The van der Waals surface area contributed by atoms with Gasteiger partial charge < -0.3 is 15.4 Å². The van der Waals surface area contributed by atoms with Gasteiger partial charge in [-0.2, -0.15) is 5.26 Å². The second-order valence-electron chi connectivity index (χ2n) is 4.98. The Balaban J connectivity index is 2.88. The fourth-order valence-electron chi connectivity index (χ4n) is 2.02. The van der Waals surface area contributed by atoms with Crippen molar-refractivity contribution in [3.8, 4) is 11.8 Å². The highest BCUT2D eigenvalue weighted by atomic mass is 35.5. The molecule has 0 radical (unpaired) electrons. The van der Waals surface area contributed by atoms with Gasteiger partial charge in [0, 0.05) is 24.2 Å². The lowest BCUT2D eigenvalue weighted by molar-refractivity contribution is -0.117. The van der Waals surface area contributed by atoms with Gasteiger partial charge >= 0.3 is 0 Å². The normalized spacial score (nSPS) is 12.2. The first-order chi connectivity index (χ1) is 11.0. The molecular formula is C17H22ClN3O2. The molecule has 1 rings (SSSR count). The fraction of sp³-hybridized carbons (Fsp3) is 0.412. The summed E-state index contributed by atoms with van der Waals surface area (Å²) in [5.74, 6) is 0.688. The van der Waals surface area contributed by atoms with Crippen molar-refractivity contribution in [2.75, 3.05) is 19.0 Å². The summed E-state index contributed by atoms with van der Waals surface area (Å²) in [4.78, 5) is 12.2. The van der Waals surface area contributed by atoms with Crippen molar-refractivity contribution in [2.45, 2.75) is 26.8 Å². The lowest BCUT2D eigenvalue weighted by Gasteiger charge is -2.18. The molecule has 0 aromatic heterocycles. The topological polar surface area (TPSA) is 74.1 Å². The summed E-state index contributed by atoms with van der Waals surface area (Å²) in [6.45, 7) is 6.77. The molecule has 124 valence electrons. The predicted octanol–water partition coefficient (Wildman–Crippen LogP) is 2.81. The van der Waals surface area contributed by atoms with Crippen LogP contribution in [-0.2, 0) is 4.79 Å². The third kappa shape index (κ3) is 5.84. The molecule has 1 unspecified atom stereocenters. The molecular weight excluding hydrogens is 314 g/mol. The average molecular weight is 336 g/mol. The first-order valence-corrected chi connectivity index (χ1v) is 8.00. The van der Waals surface area contributed by atoms with E-state index in [0.29, 0.717) is 19.0 Å². The van der Waals surface area contributed by atoms with Crippen molar-refractivity contribution < 1.29 is 9.53 Å². The number of halogens is 1. The second-order valence-corrected chi connectivity index (χ2v) is 5.36. The molecule has 0 saturated heterocycles. The van der Waals surface area contributed by atoms with E-state index in [4.69, 9.17) is 21.6 Å². The van der Waals surface area contributed by atoms with Crippen molar-refractivity contribution in [2.24, 2.45) is 0 Å². The first-order valence-electron chi connectivity index (χ1n) is 7.47. The Morgan fingerprint density at radius 3 is 2.87 bits per heavy atom. The van der Waals surface area contributed by atoms with Gasteiger partial charge in [0.15, 0.2) is 0 Å². The molecule has 0 bridgehead atoms. The van der Waals surface area contributed by atoms with Gasteiger partial charge in [-0.05, 0) is 26.8 Å². The number of benzene rings is 1. The maximum absolute atomic E-state index is 12.2. The molecule has 1 aromatic carbocycles. The van der Waals surface area contributed by atoms with Crippen molar-refractivity contribution in [1.29, 1.82) is 5.26 Å². The van der Waals surface area contributed by atoms with Gasteiger partial charge in [0.2, 0.25) is 0 Å². The van der Waals surface area contributed by atoms with Gasteiger partial charge in [-0.3, -0.25) is 4.79 Å². The van der Waals surface area contributed by atoms with E-state index in [1.807, 2.05) is 45.0 Å². The Morgan fingerprint density at radius 2 is 2.26 bits per heavy atom. The molecule has 1 amide bonds. The number of nitrogens with zero attached hydrogens (tertiary/aromatic N) is 1. The zero-order valence-electron chi connectivity index (χ0n) is 13.6. The summed E-state index contributed by atoms with van der Waals surface area (Å²) >= 11 is 5.54. The lowest BCUT2D eigenvalue weighted by Crippen LogP contribution is -2.29. The van der Waals surface area contributed by atoms with Gasteiger partial charge in [-0.25, -0.2) is 0 Å². The van der Waals surface area contributed by atoms with Crippen molar-refractivity contribution in [1.82, 2.24) is 10.6 Å². The molecule has 1 aromatic rings. The number of hydrogen-bond donors (Lipinski definition) is 2. The van der Waals surface area contributed by atoms with Gasteiger partial charge in [0.1, 0.15) is 17.4 Å². The van der Waals surface area contributed by atoms with Crippen LogP contribution in [0.15, 0.2) is 30.0 Å². The fourth-order valence-corrected chi connectivity index (χ4v) is 2.13. The quantitative estimate of drug-likeness (QED) is 0.331. The number of rotatable bonds is 8. The molecule has 0 spiro atoms. The highest BCUT2D eigenvalue weighted by Crippen LogP contribution is 2.26. The number of nitrogens with one attached hydrogen (secondary N) is 2. The van der Waals surface area contributed by atoms with Crippen LogP contribution in [-0.4, -0.2) is 24.9 Å². The number of aryl methyl sites for hydroxylation is 1. The minimum atomic E-state index is -0.439. The summed E-state index contributed by atoms with van der Waals surface area (Å²) in [5, 5.41) is 14.7. The monoisotopic (exact) mass is 335 g/mol. The molecule has 0 heterocycles. The Kier molecular flexibility index (Phi) is 8.00. The van der Waals surface area contributed by atoms with E-state index < -0.39 is 5.91 Å². The molecule has 1 atom stereocenters. The van der Waals surface area contributed by atoms with Crippen LogP contribution < -0.4 is 15.4 Å². The van der Waals surface area contributed by atoms with Crippen LogP contribution >= 0.6 is 11.6 Å². The highest BCUT2D eigenvalue weighted by Gasteiger charge is 2.17. The Labute approximate surface area is 142 Å². The zero-order valence-corrected chi connectivity index (χ0v) is 14.4. The van der Waals surface area contributed by atoms with Crippen LogP contribution in [0.5, 0.6) is 5.75 Å². The smallest absolute Gasteiger partial charge is 0.263 e. The molecule has 0 aliphatic carbocycles. The molecule has 23 heavy (non-hydrogen) atoms. The van der Waals surface area contributed by atoms with Crippen LogP contribution in [0.1, 0.15) is 31.0 Å². The van der Waals surface area contributed by atoms with Gasteiger partial charge in [0.05, 0.1) is 12.6 Å². The third-order valence-electron chi connectivity index (χ3n) is 3.13. The maximum Gasteiger partial charge on any atom is 0.263 e. The van der Waals surface area contributed by atoms with E-state index in [1.54, 1.807) is 0 Å². The van der Waals surface area contributed by atoms with Crippen molar-refractivity contribution in [3.63, 3.8) is 0 Å². The Morgan fingerprint density at radius 1 is 1.52 bits per heavy atom. The Hall–Kier alpha value is -2.19. The number of ether oxygens (including phenoxy) is 1. The number of carbonyl (C=O) groups excluding carboxylic acids is 1. The molecule has 0 aliphatic rings. The predicted molar refractivity (Wildman–Crippen MR) is 91.3 cm³/mol. The van der Waals surface area contributed by atoms with Crippen LogP contribution in [0.4, 0.5) is 0 Å². The van der Waals surface area contributed by atoms with E-state index in [9.17, 15) is 4.79 Å². The van der Waals surface area contributed by atoms with Gasteiger partial charge in [-0.15, -0.1) is 11.6 Å². The summed E-state index contributed by atoms with van der Waals surface area (Å²) < 4.78 is 5.60.